The normalized spacial score (nSPS) is 14.1. The molecule has 17 heavy (non-hydrogen) atoms. The zero-order valence-corrected chi connectivity index (χ0v) is 12.8. The second-order valence-corrected chi connectivity index (χ2v) is 4.87. The number of nitrogens with zero attached hydrogens (tertiary/aromatic N) is 2. The Morgan fingerprint density at radius 3 is 2.65 bits per heavy atom. The van der Waals surface area contributed by atoms with Crippen LogP contribution in [0.25, 0.3) is 0 Å². The molecule has 0 amide bonds. The topological polar surface area (TPSA) is 48.8 Å². The van der Waals surface area contributed by atoms with E-state index in [-0.39, 0.29) is 12.4 Å². The molecule has 7 heteroatoms. The molecule has 0 saturated carbocycles. The fraction of sp³-hybridized carbons (Fsp3) is 0.200. The summed E-state index contributed by atoms with van der Waals surface area (Å²) in [5.41, 5.74) is 3.85. The van der Waals surface area contributed by atoms with Crippen molar-refractivity contribution in [1.82, 2.24) is 10.7 Å². The number of rotatable bonds is 2. The largest absolute Gasteiger partial charge is 0.353 e. The van der Waals surface area contributed by atoms with E-state index in [0.29, 0.717) is 0 Å². The van der Waals surface area contributed by atoms with Crippen molar-refractivity contribution >= 4 is 56.4 Å². The average Bonchev–Trinajstić information content (AvgIpc) is 2.75. The third-order valence-corrected chi connectivity index (χ3v) is 3.42. The Bertz CT molecular complexity index is 428. The summed E-state index contributed by atoms with van der Waals surface area (Å²) in [5.74, 6) is 0.722. The molecule has 2 rings (SSSR count). The first-order valence-electron chi connectivity index (χ1n) is 4.79. The second-order valence-electron chi connectivity index (χ2n) is 3.16. The summed E-state index contributed by atoms with van der Waals surface area (Å²) < 4.78 is 1.99. The van der Waals surface area contributed by atoms with Crippen LogP contribution in [-0.2, 0) is 0 Å². The SMILES string of the molecule is Brc1cccc(Br)c1/C=N/NC1=NCCN1.Cl. The molecule has 0 spiro atoms. The summed E-state index contributed by atoms with van der Waals surface area (Å²) >= 11 is 6.93. The van der Waals surface area contributed by atoms with E-state index in [9.17, 15) is 0 Å². The minimum Gasteiger partial charge on any atom is -0.353 e. The molecule has 1 aromatic rings. The summed E-state index contributed by atoms with van der Waals surface area (Å²) in [7, 11) is 0. The predicted molar refractivity (Wildman–Crippen MR) is 80.1 cm³/mol. The molecule has 1 aromatic carbocycles. The zero-order chi connectivity index (χ0) is 11.4. The Kier molecular flexibility index (Phi) is 5.94. The Morgan fingerprint density at radius 1 is 1.35 bits per heavy atom. The summed E-state index contributed by atoms with van der Waals surface area (Å²) in [4.78, 5) is 4.17. The highest BCUT2D eigenvalue weighted by Gasteiger charge is 2.03. The van der Waals surface area contributed by atoms with Crippen LogP contribution >= 0.6 is 44.3 Å². The molecule has 0 unspecified atom stereocenters. The van der Waals surface area contributed by atoms with Crippen molar-refractivity contribution in [2.24, 2.45) is 10.1 Å². The molecule has 1 aliphatic heterocycles. The quantitative estimate of drug-likeness (QED) is 0.610. The van der Waals surface area contributed by atoms with Gasteiger partial charge in [0, 0.05) is 21.1 Å². The van der Waals surface area contributed by atoms with Crippen LogP contribution in [0.3, 0.4) is 0 Å². The number of hydrogen-bond acceptors (Lipinski definition) is 4. The van der Waals surface area contributed by atoms with Crippen molar-refractivity contribution in [3.63, 3.8) is 0 Å². The van der Waals surface area contributed by atoms with Gasteiger partial charge in [0.1, 0.15) is 0 Å². The monoisotopic (exact) mass is 380 g/mol. The van der Waals surface area contributed by atoms with Crippen molar-refractivity contribution in [2.75, 3.05) is 13.1 Å². The van der Waals surface area contributed by atoms with E-state index in [1.54, 1.807) is 6.21 Å². The molecule has 0 radical (unpaired) electrons. The predicted octanol–water partition coefficient (Wildman–Crippen LogP) is 2.52. The number of guanidine groups is 1. The van der Waals surface area contributed by atoms with Crippen LogP contribution in [0.4, 0.5) is 0 Å². The van der Waals surface area contributed by atoms with Crippen LogP contribution in [0.2, 0.25) is 0 Å². The molecule has 0 bridgehead atoms. The molecule has 0 fully saturated rings. The van der Waals surface area contributed by atoms with Crippen LogP contribution in [-0.4, -0.2) is 25.3 Å². The fourth-order valence-corrected chi connectivity index (χ4v) is 2.47. The van der Waals surface area contributed by atoms with Gasteiger partial charge in [-0.1, -0.05) is 37.9 Å². The highest BCUT2D eigenvalue weighted by molar-refractivity contribution is 9.11. The van der Waals surface area contributed by atoms with Gasteiger partial charge in [-0.3, -0.25) is 0 Å². The minimum absolute atomic E-state index is 0. The molecule has 0 atom stereocenters. The van der Waals surface area contributed by atoms with Gasteiger partial charge in [0.25, 0.3) is 0 Å². The Labute approximate surface area is 123 Å². The van der Waals surface area contributed by atoms with Crippen molar-refractivity contribution in [1.29, 1.82) is 0 Å². The van der Waals surface area contributed by atoms with Gasteiger partial charge in [-0.15, -0.1) is 12.4 Å². The van der Waals surface area contributed by atoms with E-state index in [1.165, 1.54) is 0 Å². The van der Waals surface area contributed by atoms with Crippen molar-refractivity contribution in [3.8, 4) is 0 Å². The van der Waals surface area contributed by atoms with E-state index in [0.717, 1.165) is 33.6 Å². The Hall–Kier alpha value is -0.590. The standard InChI is InChI=1S/C10H10Br2N4.ClH/c11-8-2-1-3-9(12)7(8)6-15-16-10-13-4-5-14-10;/h1-3,6H,4-5H2,(H2,13,14,16);1H/b15-6+;. The van der Waals surface area contributed by atoms with Crippen LogP contribution in [0, 0.1) is 0 Å². The summed E-state index contributed by atoms with van der Waals surface area (Å²) in [6, 6.07) is 5.90. The third kappa shape index (κ3) is 3.97. The smallest absolute Gasteiger partial charge is 0.212 e. The molecule has 2 N–H and O–H groups in total. The number of hydrogen-bond donors (Lipinski definition) is 2. The maximum Gasteiger partial charge on any atom is 0.212 e. The minimum atomic E-state index is 0. The Morgan fingerprint density at radius 2 is 2.06 bits per heavy atom. The molecule has 0 aromatic heterocycles. The van der Waals surface area contributed by atoms with Gasteiger partial charge < -0.3 is 5.32 Å². The first kappa shape index (κ1) is 14.5. The van der Waals surface area contributed by atoms with Gasteiger partial charge in [0.2, 0.25) is 5.96 Å². The lowest BCUT2D eigenvalue weighted by Gasteiger charge is -2.02. The fourth-order valence-electron chi connectivity index (χ4n) is 1.26. The summed E-state index contributed by atoms with van der Waals surface area (Å²) in [5, 5.41) is 7.19. The lowest BCUT2D eigenvalue weighted by atomic mass is 10.2. The zero-order valence-electron chi connectivity index (χ0n) is 8.78. The Balaban J connectivity index is 0.00000144. The van der Waals surface area contributed by atoms with Gasteiger partial charge in [-0.2, -0.15) is 5.10 Å². The first-order valence-corrected chi connectivity index (χ1v) is 6.37. The molecule has 1 heterocycles. The van der Waals surface area contributed by atoms with Gasteiger partial charge in [-0.25, -0.2) is 10.4 Å². The molecule has 0 saturated heterocycles. The van der Waals surface area contributed by atoms with E-state index in [2.05, 4.69) is 52.7 Å². The number of nitrogens with one attached hydrogen (secondary N) is 2. The van der Waals surface area contributed by atoms with E-state index in [1.807, 2.05) is 18.2 Å². The molecule has 0 aliphatic carbocycles. The number of halogens is 3. The summed E-state index contributed by atoms with van der Waals surface area (Å²) in [6.07, 6.45) is 1.75. The van der Waals surface area contributed by atoms with Crippen LogP contribution < -0.4 is 10.7 Å². The number of aliphatic imine (C=N–C) groups is 1. The maximum atomic E-state index is 4.17. The molecule has 92 valence electrons. The molecule has 4 nitrogen and oxygen atoms in total. The van der Waals surface area contributed by atoms with Crippen molar-refractivity contribution in [3.05, 3.63) is 32.7 Å². The van der Waals surface area contributed by atoms with Gasteiger partial charge >= 0.3 is 0 Å². The highest BCUT2D eigenvalue weighted by atomic mass is 79.9. The second kappa shape index (κ2) is 6.98. The van der Waals surface area contributed by atoms with Crippen LogP contribution in [0.5, 0.6) is 0 Å². The lowest BCUT2D eigenvalue weighted by Crippen LogP contribution is -2.30. The van der Waals surface area contributed by atoms with Crippen molar-refractivity contribution < 1.29 is 0 Å². The van der Waals surface area contributed by atoms with Crippen molar-refractivity contribution in [2.45, 2.75) is 0 Å². The third-order valence-electron chi connectivity index (χ3n) is 2.04. The molecular weight excluding hydrogens is 371 g/mol. The van der Waals surface area contributed by atoms with Crippen LogP contribution in [0.1, 0.15) is 5.56 Å². The van der Waals surface area contributed by atoms with E-state index < -0.39 is 0 Å². The highest BCUT2D eigenvalue weighted by Crippen LogP contribution is 2.22. The molecule has 1 aliphatic rings. The number of hydrazone groups is 1. The van der Waals surface area contributed by atoms with Gasteiger partial charge in [-0.05, 0) is 12.1 Å². The first-order chi connectivity index (χ1) is 7.77. The molecular formula is C10H11Br2ClN4. The van der Waals surface area contributed by atoms with Gasteiger partial charge in [0.15, 0.2) is 0 Å². The average molecular weight is 382 g/mol. The number of benzene rings is 1. The lowest BCUT2D eigenvalue weighted by molar-refractivity contribution is 0.919. The maximum absolute atomic E-state index is 4.17. The van der Waals surface area contributed by atoms with Gasteiger partial charge in [0.05, 0.1) is 12.8 Å². The van der Waals surface area contributed by atoms with E-state index >= 15 is 0 Å². The van der Waals surface area contributed by atoms with Crippen LogP contribution in [0.15, 0.2) is 37.2 Å². The summed E-state index contributed by atoms with van der Waals surface area (Å²) in [6.45, 7) is 1.67. The van der Waals surface area contributed by atoms with E-state index in [4.69, 9.17) is 0 Å².